The molecule has 1 fully saturated rings. The van der Waals surface area contributed by atoms with Gasteiger partial charge in [-0.05, 0) is 49.5 Å². The molecule has 2 rings (SSSR count). The molecule has 0 spiro atoms. The van der Waals surface area contributed by atoms with Crippen LogP contribution < -0.4 is 24.8 Å². The van der Waals surface area contributed by atoms with Crippen molar-refractivity contribution in [1.29, 1.82) is 0 Å². The molecule has 0 bridgehead atoms. The van der Waals surface area contributed by atoms with Crippen molar-refractivity contribution in [2.24, 2.45) is 5.92 Å². The lowest BCUT2D eigenvalue weighted by Crippen LogP contribution is -2.23. The molecule has 0 aliphatic carbocycles. The average molecular weight is 359 g/mol. The minimum Gasteiger partial charge on any atom is -0.493 e. The second-order valence-electron chi connectivity index (χ2n) is 5.71. The van der Waals surface area contributed by atoms with Crippen LogP contribution in [0.3, 0.4) is 0 Å². The maximum absolute atomic E-state index is 12.0. The van der Waals surface area contributed by atoms with Crippen molar-refractivity contribution in [1.82, 2.24) is 10.6 Å². The monoisotopic (exact) mass is 358 g/mol. The number of hydrogen-bond acceptors (Lipinski definition) is 5. The number of carbonyl (C=O) groups excluding carboxylic acids is 1. The molecular formula is C17H27ClN2O4. The Morgan fingerprint density at radius 3 is 2.38 bits per heavy atom. The predicted molar refractivity (Wildman–Crippen MR) is 95.4 cm³/mol. The fourth-order valence-electron chi connectivity index (χ4n) is 2.82. The van der Waals surface area contributed by atoms with Gasteiger partial charge in [0.25, 0.3) is 0 Å². The first-order chi connectivity index (χ1) is 11.2. The third kappa shape index (κ3) is 5.46. The lowest BCUT2D eigenvalue weighted by atomic mass is 10.0. The zero-order valence-electron chi connectivity index (χ0n) is 14.5. The molecule has 0 saturated carbocycles. The first kappa shape index (κ1) is 20.4. The number of carbonyl (C=O) groups is 1. The van der Waals surface area contributed by atoms with E-state index >= 15 is 0 Å². The van der Waals surface area contributed by atoms with E-state index in [4.69, 9.17) is 14.2 Å². The van der Waals surface area contributed by atoms with Crippen LogP contribution >= 0.6 is 12.4 Å². The predicted octanol–water partition coefficient (Wildman–Crippen LogP) is 2.14. The summed E-state index contributed by atoms with van der Waals surface area (Å²) in [6.07, 6.45) is 2.67. The van der Waals surface area contributed by atoms with E-state index in [0.717, 1.165) is 25.1 Å². The highest BCUT2D eigenvalue weighted by Gasteiger charge is 2.16. The molecular weight excluding hydrogens is 332 g/mol. The maximum Gasteiger partial charge on any atom is 0.220 e. The van der Waals surface area contributed by atoms with Crippen LogP contribution in [0.15, 0.2) is 12.1 Å². The lowest BCUT2D eigenvalue weighted by Gasteiger charge is -2.14. The summed E-state index contributed by atoms with van der Waals surface area (Å²) in [7, 11) is 4.73. The Hall–Kier alpha value is -1.66. The zero-order valence-corrected chi connectivity index (χ0v) is 15.3. The van der Waals surface area contributed by atoms with Gasteiger partial charge in [-0.3, -0.25) is 4.79 Å². The molecule has 1 saturated heterocycles. The van der Waals surface area contributed by atoms with Gasteiger partial charge in [0.15, 0.2) is 11.5 Å². The molecule has 24 heavy (non-hydrogen) atoms. The second-order valence-corrected chi connectivity index (χ2v) is 5.71. The van der Waals surface area contributed by atoms with E-state index < -0.39 is 0 Å². The van der Waals surface area contributed by atoms with Crippen LogP contribution in [-0.2, 0) is 11.3 Å². The van der Waals surface area contributed by atoms with Crippen molar-refractivity contribution in [3.05, 3.63) is 17.7 Å². The van der Waals surface area contributed by atoms with Gasteiger partial charge in [0, 0.05) is 13.0 Å². The van der Waals surface area contributed by atoms with Crippen molar-refractivity contribution < 1.29 is 19.0 Å². The van der Waals surface area contributed by atoms with Crippen LogP contribution in [0.2, 0.25) is 0 Å². The number of hydrogen-bond donors (Lipinski definition) is 2. The molecule has 1 aliphatic heterocycles. The molecule has 1 unspecified atom stereocenters. The highest BCUT2D eigenvalue weighted by atomic mass is 35.5. The summed E-state index contributed by atoms with van der Waals surface area (Å²) in [6, 6.07) is 3.70. The van der Waals surface area contributed by atoms with Crippen LogP contribution in [0.5, 0.6) is 17.2 Å². The van der Waals surface area contributed by atoms with Gasteiger partial charge in [0.05, 0.1) is 21.3 Å². The van der Waals surface area contributed by atoms with E-state index in [-0.39, 0.29) is 18.3 Å². The van der Waals surface area contributed by atoms with Crippen LogP contribution in [0.25, 0.3) is 0 Å². The van der Waals surface area contributed by atoms with Gasteiger partial charge < -0.3 is 24.8 Å². The summed E-state index contributed by atoms with van der Waals surface area (Å²) < 4.78 is 15.9. The molecule has 0 radical (unpaired) electrons. The summed E-state index contributed by atoms with van der Waals surface area (Å²) in [5, 5.41) is 6.27. The number of benzene rings is 1. The maximum atomic E-state index is 12.0. The number of halogens is 1. The number of ether oxygens (including phenoxy) is 3. The van der Waals surface area contributed by atoms with Gasteiger partial charge in [0.2, 0.25) is 11.7 Å². The largest absolute Gasteiger partial charge is 0.493 e. The van der Waals surface area contributed by atoms with Gasteiger partial charge >= 0.3 is 0 Å². The van der Waals surface area contributed by atoms with Crippen LogP contribution in [0.4, 0.5) is 0 Å². The van der Waals surface area contributed by atoms with E-state index in [0.29, 0.717) is 36.1 Å². The number of amides is 1. The van der Waals surface area contributed by atoms with Gasteiger partial charge in [-0.15, -0.1) is 12.4 Å². The molecule has 136 valence electrons. The molecule has 1 atom stereocenters. The van der Waals surface area contributed by atoms with E-state index in [9.17, 15) is 4.79 Å². The van der Waals surface area contributed by atoms with Gasteiger partial charge in [-0.1, -0.05) is 0 Å². The van der Waals surface area contributed by atoms with Gasteiger partial charge in [0.1, 0.15) is 0 Å². The second kappa shape index (κ2) is 10.3. The summed E-state index contributed by atoms with van der Waals surface area (Å²) in [5.74, 6) is 2.44. The molecule has 1 aromatic carbocycles. The molecule has 1 amide bonds. The molecule has 2 N–H and O–H groups in total. The Balaban J connectivity index is 0.00000288. The Morgan fingerprint density at radius 2 is 1.88 bits per heavy atom. The summed E-state index contributed by atoms with van der Waals surface area (Å²) in [6.45, 7) is 2.54. The number of methoxy groups -OCH3 is 3. The summed E-state index contributed by atoms with van der Waals surface area (Å²) >= 11 is 0. The molecule has 6 nitrogen and oxygen atoms in total. The van der Waals surface area contributed by atoms with E-state index in [1.54, 1.807) is 21.3 Å². The Labute approximate surface area is 149 Å². The Bertz CT molecular complexity index is 508. The highest BCUT2D eigenvalue weighted by molar-refractivity contribution is 5.85. The topological polar surface area (TPSA) is 68.8 Å². The van der Waals surface area contributed by atoms with E-state index in [1.165, 1.54) is 6.42 Å². The summed E-state index contributed by atoms with van der Waals surface area (Å²) in [4.78, 5) is 12.0. The van der Waals surface area contributed by atoms with Crippen molar-refractivity contribution in [2.75, 3.05) is 34.4 Å². The first-order valence-electron chi connectivity index (χ1n) is 7.94. The quantitative estimate of drug-likeness (QED) is 0.745. The minimum absolute atomic E-state index is 0. The third-order valence-electron chi connectivity index (χ3n) is 4.16. The first-order valence-corrected chi connectivity index (χ1v) is 7.94. The molecule has 0 aromatic heterocycles. The van der Waals surface area contributed by atoms with Crippen LogP contribution in [0.1, 0.15) is 24.8 Å². The highest BCUT2D eigenvalue weighted by Crippen LogP contribution is 2.38. The zero-order chi connectivity index (χ0) is 16.7. The Morgan fingerprint density at radius 1 is 1.21 bits per heavy atom. The Kier molecular flexibility index (Phi) is 8.71. The van der Waals surface area contributed by atoms with Crippen molar-refractivity contribution in [2.45, 2.75) is 25.8 Å². The lowest BCUT2D eigenvalue weighted by molar-refractivity contribution is -0.121. The third-order valence-corrected chi connectivity index (χ3v) is 4.16. The number of rotatable bonds is 8. The SMILES string of the molecule is COc1cc(CNC(=O)CCC2CCNC2)cc(OC)c1OC.Cl. The minimum atomic E-state index is 0. The van der Waals surface area contributed by atoms with Crippen LogP contribution in [-0.4, -0.2) is 40.3 Å². The fraction of sp³-hybridized carbons (Fsp3) is 0.588. The van der Waals surface area contributed by atoms with Gasteiger partial charge in [-0.25, -0.2) is 0 Å². The molecule has 1 aliphatic rings. The standard InChI is InChI=1S/C17H26N2O4.ClH/c1-21-14-8-13(9-15(22-2)17(14)23-3)11-19-16(20)5-4-12-6-7-18-10-12;/h8-9,12,18H,4-7,10-11H2,1-3H3,(H,19,20);1H. The smallest absolute Gasteiger partial charge is 0.220 e. The van der Waals surface area contributed by atoms with Crippen molar-refractivity contribution in [3.63, 3.8) is 0 Å². The molecule has 1 heterocycles. The normalized spacial score (nSPS) is 16.2. The van der Waals surface area contributed by atoms with E-state index in [1.807, 2.05) is 12.1 Å². The fourth-order valence-corrected chi connectivity index (χ4v) is 2.82. The molecule has 1 aromatic rings. The molecule has 7 heteroatoms. The van der Waals surface area contributed by atoms with Crippen LogP contribution in [0, 0.1) is 5.92 Å². The average Bonchev–Trinajstić information content (AvgIpc) is 3.10. The van der Waals surface area contributed by atoms with Gasteiger partial charge in [-0.2, -0.15) is 0 Å². The summed E-state index contributed by atoms with van der Waals surface area (Å²) in [5.41, 5.74) is 0.912. The number of nitrogens with one attached hydrogen (secondary N) is 2. The van der Waals surface area contributed by atoms with E-state index in [2.05, 4.69) is 10.6 Å². The van der Waals surface area contributed by atoms with Crippen molar-refractivity contribution >= 4 is 18.3 Å². The van der Waals surface area contributed by atoms with Crippen molar-refractivity contribution in [3.8, 4) is 17.2 Å².